The van der Waals surface area contributed by atoms with E-state index < -0.39 is 30.0 Å². The van der Waals surface area contributed by atoms with Crippen LogP contribution in [0, 0.1) is 11.8 Å². The van der Waals surface area contributed by atoms with Crippen LogP contribution in [0.15, 0.2) is 10.6 Å². The molecule has 0 aromatic rings. The predicted molar refractivity (Wildman–Crippen MR) is 100 cm³/mol. The highest BCUT2D eigenvalue weighted by atomic mass is 32.2. The smallest absolute Gasteiger partial charge is 0.352 e. The maximum atomic E-state index is 12.1. The minimum absolute atomic E-state index is 0.000998. The van der Waals surface area contributed by atoms with Crippen LogP contribution < -0.4 is 10.6 Å². The van der Waals surface area contributed by atoms with Crippen LogP contribution in [-0.2, 0) is 14.4 Å². The molecule has 6 atom stereocenters. The molecule has 0 aromatic heterocycles. The van der Waals surface area contributed by atoms with Crippen molar-refractivity contribution in [2.45, 2.75) is 43.7 Å². The molecule has 0 spiro atoms. The molecule has 152 valence electrons. The molecular formula is C17H27N3O6S. The van der Waals surface area contributed by atoms with Crippen molar-refractivity contribution in [3.8, 4) is 0 Å². The first-order valence-corrected chi connectivity index (χ1v) is 9.68. The molecule has 0 aromatic carbocycles. The van der Waals surface area contributed by atoms with Crippen molar-refractivity contribution in [1.82, 2.24) is 15.5 Å². The maximum Gasteiger partial charge on any atom is 0.352 e. The number of hydrogen-bond acceptors (Lipinski definition) is 7. The van der Waals surface area contributed by atoms with E-state index in [1.165, 1.54) is 23.6 Å². The number of thioether (sulfide) groups is 1. The van der Waals surface area contributed by atoms with Gasteiger partial charge in [-0.2, -0.15) is 0 Å². The molecule has 2 rings (SSSR count). The van der Waals surface area contributed by atoms with Crippen LogP contribution in [-0.4, -0.2) is 82.1 Å². The monoisotopic (exact) mass is 401 g/mol. The Balaban J connectivity index is 2.16. The molecule has 2 aliphatic rings. The van der Waals surface area contributed by atoms with Crippen LogP contribution in [0.1, 0.15) is 20.3 Å². The molecular weight excluding hydrogens is 374 g/mol. The van der Waals surface area contributed by atoms with Crippen molar-refractivity contribution in [2.75, 3.05) is 20.6 Å². The van der Waals surface area contributed by atoms with Crippen molar-refractivity contribution in [2.24, 2.45) is 11.8 Å². The molecule has 0 saturated carbocycles. The molecule has 1 amide bonds. The molecule has 4 unspecified atom stereocenters. The fourth-order valence-electron chi connectivity index (χ4n) is 3.62. The van der Waals surface area contributed by atoms with Crippen molar-refractivity contribution in [3.63, 3.8) is 0 Å². The minimum Gasteiger partial charge on any atom is -0.481 e. The molecule has 0 radical (unpaired) electrons. The number of amides is 1. The quantitative estimate of drug-likeness (QED) is 0.383. The number of nitrogens with zero attached hydrogens (tertiary/aromatic N) is 1. The molecule has 1 saturated heterocycles. The summed E-state index contributed by atoms with van der Waals surface area (Å²) in [5.74, 6) is -3.88. The molecule has 10 heteroatoms. The lowest BCUT2D eigenvalue weighted by Crippen LogP contribution is -2.45. The number of carbonyl (C=O) groups excluding carboxylic acids is 1. The third-order valence-corrected chi connectivity index (χ3v) is 6.56. The number of likely N-dealkylation sites (N-methyl/N-ethyl adjacent to an activating group) is 1. The Bertz CT molecular complexity index is 651. The van der Waals surface area contributed by atoms with Gasteiger partial charge in [-0.1, -0.05) is 6.92 Å². The summed E-state index contributed by atoms with van der Waals surface area (Å²) in [4.78, 5) is 37.4. The number of carboxylic acid groups (broad SMARTS) is 2. The van der Waals surface area contributed by atoms with Crippen molar-refractivity contribution >= 4 is 29.6 Å². The third-order valence-electron chi connectivity index (χ3n) is 5.04. The summed E-state index contributed by atoms with van der Waals surface area (Å²) >= 11 is 1.37. The van der Waals surface area contributed by atoms with E-state index in [-0.39, 0.29) is 28.8 Å². The summed E-state index contributed by atoms with van der Waals surface area (Å²) < 4.78 is 0. The summed E-state index contributed by atoms with van der Waals surface area (Å²) in [5.41, 5.74) is -0.0215. The highest BCUT2D eigenvalue weighted by Crippen LogP contribution is 2.41. The number of carboxylic acids is 2. The molecule has 0 bridgehead atoms. The van der Waals surface area contributed by atoms with E-state index >= 15 is 0 Å². The average Bonchev–Trinajstić information content (AvgIpc) is 3.13. The number of aliphatic carboxylic acids is 2. The van der Waals surface area contributed by atoms with Crippen LogP contribution in [0.2, 0.25) is 0 Å². The minimum atomic E-state index is -1.18. The SMILES string of the molecule is CC(O)C(C(=O)O)C1NC(C(=O)O)=C(S[C@@H]2CN[C@H](C(=O)N(C)C)C2)C1C. The number of aliphatic hydroxyl groups is 1. The summed E-state index contributed by atoms with van der Waals surface area (Å²) in [7, 11) is 3.37. The highest BCUT2D eigenvalue weighted by Gasteiger charge is 2.45. The number of carbonyl (C=O) groups is 3. The van der Waals surface area contributed by atoms with Gasteiger partial charge in [0.1, 0.15) is 11.6 Å². The first-order valence-electron chi connectivity index (χ1n) is 8.80. The van der Waals surface area contributed by atoms with Gasteiger partial charge in [0.05, 0.1) is 12.1 Å². The zero-order valence-corrected chi connectivity index (χ0v) is 16.6. The van der Waals surface area contributed by atoms with Gasteiger partial charge in [-0.3, -0.25) is 9.59 Å². The fraction of sp³-hybridized carbons (Fsp3) is 0.706. The van der Waals surface area contributed by atoms with Crippen molar-refractivity contribution in [1.29, 1.82) is 0 Å². The lowest BCUT2D eigenvalue weighted by molar-refractivity contribution is -0.147. The Hall–Kier alpha value is -1.78. The molecule has 2 aliphatic heterocycles. The van der Waals surface area contributed by atoms with Gasteiger partial charge < -0.3 is 30.9 Å². The molecule has 0 aliphatic carbocycles. The largest absolute Gasteiger partial charge is 0.481 e. The van der Waals surface area contributed by atoms with Gasteiger partial charge in [-0.25, -0.2) is 4.79 Å². The van der Waals surface area contributed by atoms with Crippen LogP contribution in [0.25, 0.3) is 0 Å². The Morgan fingerprint density at radius 2 is 1.89 bits per heavy atom. The van der Waals surface area contributed by atoms with Gasteiger partial charge in [0.2, 0.25) is 5.91 Å². The number of hydrogen-bond donors (Lipinski definition) is 5. The topological polar surface area (TPSA) is 139 Å². The number of aliphatic hydroxyl groups excluding tert-OH is 1. The lowest BCUT2D eigenvalue weighted by Gasteiger charge is -2.27. The zero-order chi connectivity index (χ0) is 20.5. The molecule has 5 N–H and O–H groups in total. The lowest BCUT2D eigenvalue weighted by atomic mass is 9.87. The first kappa shape index (κ1) is 21.5. The van der Waals surface area contributed by atoms with Crippen LogP contribution in [0.4, 0.5) is 0 Å². The number of nitrogens with one attached hydrogen (secondary N) is 2. The van der Waals surface area contributed by atoms with E-state index in [4.69, 9.17) is 0 Å². The average molecular weight is 401 g/mol. The fourth-order valence-corrected chi connectivity index (χ4v) is 5.07. The Morgan fingerprint density at radius 3 is 2.37 bits per heavy atom. The summed E-state index contributed by atoms with van der Waals surface area (Å²) in [6.45, 7) is 3.71. The summed E-state index contributed by atoms with van der Waals surface area (Å²) in [6, 6.07) is -1.03. The second kappa shape index (κ2) is 8.49. The van der Waals surface area contributed by atoms with Crippen molar-refractivity contribution in [3.05, 3.63) is 10.6 Å². The molecule has 1 fully saturated rings. The highest BCUT2D eigenvalue weighted by molar-refractivity contribution is 8.03. The van der Waals surface area contributed by atoms with Crippen LogP contribution in [0.5, 0.6) is 0 Å². The summed E-state index contributed by atoms with van der Waals surface area (Å²) in [5, 5.41) is 34.8. The van der Waals surface area contributed by atoms with Gasteiger partial charge in [0, 0.05) is 42.8 Å². The van der Waals surface area contributed by atoms with Crippen molar-refractivity contribution < 1.29 is 29.7 Å². The summed E-state index contributed by atoms with van der Waals surface area (Å²) in [6.07, 6.45) is -0.564. The maximum absolute atomic E-state index is 12.1. The second-order valence-electron chi connectivity index (χ2n) is 7.28. The standard InChI is InChI=1S/C17H27N3O6S/c1-7-12(11(8(2)21)16(23)24)19-13(17(25)26)14(7)27-9-5-10(18-6-9)15(22)20(3)4/h7-12,18-19,21H,5-6H2,1-4H3,(H,23,24)(H,25,26)/t7?,8?,9-,10-,11?,12?/m0/s1. The van der Waals surface area contributed by atoms with E-state index in [0.717, 1.165) is 0 Å². The molecule has 9 nitrogen and oxygen atoms in total. The first-order chi connectivity index (χ1) is 12.5. The molecule has 2 heterocycles. The van der Waals surface area contributed by atoms with Gasteiger partial charge in [0.15, 0.2) is 0 Å². The Labute approximate surface area is 162 Å². The van der Waals surface area contributed by atoms with Gasteiger partial charge in [-0.15, -0.1) is 11.8 Å². The Kier molecular flexibility index (Phi) is 6.77. The van der Waals surface area contributed by atoms with Gasteiger partial charge >= 0.3 is 11.9 Å². The molecule has 27 heavy (non-hydrogen) atoms. The zero-order valence-electron chi connectivity index (χ0n) is 15.8. The third kappa shape index (κ3) is 4.56. The van der Waals surface area contributed by atoms with E-state index in [9.17, 15) is 29.7 Å². The second-order valence-corrected chi connectivity index (χ2v) is 8.62. The normalized spacial score (nSPS) is 30.0. The van der Waals surface area contributed by atoms with E-state index in [1.54, 1.807) is 21.0 Å². The van der Waals surface area contributed by atoms with Gasteiger partial charge in [-0.05, 0) is 13.3 Å². The predicted octanol–water partition coefficient (Wildman–Crippen LogP) is -0.476. The van der Waals surface area contributed by atoms with Gasteiger partial charge in [0.25, 0.3) is 0 Å². The van der Waals surface area contributed by atoms with Crippen LogP contribution >= 0.6 is 11.8 Å². The van der Waals surface area contributed by atoms with E-state index in [2.05, 4.69) is 10.6 Å². The van der Waals surface area contributed by atoms with E-state index in [1.807, 2.05) is 0 Å². The number of rotatable bonds is 7. The van der Waals surface area contributed by atoms with Crippen LogP contribution in [0.3, 0.4) is 0 Å². The van der Waals surface area contributed by atoms with E-state index in [0.29, 0.717) is 17.9 Å². The Morgan fingerprint density at radius 1 is 1.26 bits per heavy atom.